The van der Waals surface area contributed by atoms with E-state index in [4.69, 9.17) is 21.4 Å². The van der Waals surface area contributed by atoms with E-state index in [9.17, 15) is 9.59 Å². The second-order valence-electron chi connectivity index (χ2n) is 7.70. The van der Waals surface area contributed by atoms with Crippen molar-refractivity contribution in [1.29, 1.82) is 0 Å². The number of aromatic nitrogens is 3. The molecule has 0 fully saturated rings. The van der Waals surface area contributed by atoms with E-state index in [0.29, 0.717) is 21.8 Å². The molecule has 0 saturated heterocycles. The monoisotopic (exact) mass is 488 g/mol. The number of hydrogen-bond donors (Lipinski definition) is 2. The zero-order valence-electron chi connectivity index (χ0n) is 18.7. The average molecular weight is 489 g/mol. The summed E-state index contributed by atoms with van der Waals surface area (Å²) >= 11 is 6.19. The van der Waals surface area contributed by atoms with Crippen molar-refractivity contribution < 1.29 is 19.4 Å². The summed E-state index contributed by atoms with van der Waals surface area (Å²) in [5.41, 5.74) is 4.39. The van der Waals surface area contributed by atoms with Gasteiger partial charge in [0, 0.05) is 16.1 Å². The Labute approximate surface area is 206 Å². The lowest BCUT2D eigenvalue weighted by atomic mass is 10.0. The summed E-state index contributed by atoms with van der Waals surface area (Å²) in [6.45, 7) is 1.73. The van der Waals surface area contributed by atoms with Crippen LogP contribution in [0.1, 0.15) is 24.2 Å². The van der Waals surface area contributed by atoms with Crippen LogP contribution in [0.15, 0.2) is 79.1 Å². The van der Waals surface area contributed by atoms with Gasteiger partial charge in [-0.2, -0.15) is 0 Å². The molecule has 3 aromatic carbocycles. The number of aliphatic carboxylic acids is 1. The molecule has 176 valence electrons. The average Bonchev–Trinajstić information content (AvgIpc) is 2.85. The molecule has 2 N–H and O–H groups in total. The molecule has 1 amide bonds. The predicted octanol–water partition coefficient (Wildman–Crippen LogP) is 5.80. The maximum absolute atomic E-state index is 12.5. The van der Waals surface area contributed by atoms with Crippen molar-refractivity contribution >= 4 is 29.5 Å². The van der Waals surface area contributed by atoms with Crippen molar-refractivity contribution in [2.75, 3.05) is 5.32 Å². The zero-order valence-corrected chi connectivity index (χ0v) is 19.4. The third-order valence-electron chi connectivity index (χ3n) is 5.27. The summed E-state index contributed by atoms with van der Waals surface area (Å²) in [6.07, 6.45) is -0.0434. The van der Waals surface area contributed by atoms with Crippen LogP contribution in [-0.4, -0.2) is 32.4 Å². The van der Waals surface area contributed by atoms with Gasteiger partial charge in [0.25, 0.3) is 0 Å². The fourth-order valence-electron chi connectivity index (χ4n) is 3.53. The first-order chi connectivity index (χ1) is 16.9. The van der Waals surface area contributed by atoms with E-state index in [-0.39, 0.29) is 12.2 Å². The fourth-order valence-corrected chi connectivity index (χ4v) is 3.82. The lowest BCUT2D eigenvalue weighted by Gasteiger charge is -2.16. The number of anilines is 1. The standard InChI is InChI=1S/C26H21ClN4O4/c1-16(21-4-2-3-5-22(21)27)35-26(34)30-25-24(31-29-15-28-25)20-12-10-19(11-13-20)18-8-6-17(7-9-18)14-23(32)33/h2-13,15-16H,14H2,1H3,(H,32,33)(H,28,29,30,34). The normalized spacial score (nSPS) is 11.5. The molecule has 0 saturated carbocycles. The third-order valence-corrected chi connectivity index (χ3v) is 5.61. The number of carboxylic acid groups (broad SMARTS) is 1. The summed E-state index contributed by atoms with van der Waals surface area (Å²) in [5.74, 6) is -0.659. The van der Waals surface area contributed by atoms with Crippen molar-refractivity contribution in [3.05, 3.63) is 95.3 Å². The van der Waals surface area contributed by atoms with Crippen molar-refractivity contribution in [2.45, 2.75) is 19.4 Å². The number of carbonyl (C=O) groups excluding carboxylic acids is 1. The summed E-state index contributed by atoms with van der Waals surface area (Å²) in [7, 11) is 0. The van der Waals surface area contributed by atoms with E-state index in [0.717, 1.165) is 16.7 Å². The molecule has 1 atom stereocenters. The summed E-state index contributed by atoms with van der Waals surface area (Å²) in [5, 5.41) is 20.0. The van der Waals surface area contributed by atoms with Crippen molar-refractivity contribution in [2.24, 2.45) is 0 Å². The van der Waals surface area contributed by atoms with Crippen LogP contribution in [-0.2, 0) is 16.0 Å². The first-order valence-corrected chi connectivity index (χ1v) is 11.1. The second-order valence-corrected chi connectivity index (χ2v) is 8.10. The van der Waals surface area contributed by atoms with Crippen molar-refractivity contribution in [3.63, 3.8) is 0 Å². The zero-order chi connectivity index (χ0) is 24.8. The molecule has 8 nitrogen and oxygen atoms in total. The largest absolute Gasteiger partial charge is 0.481 e. The Morgan fingerprint density at radius 2 is 1.60 bits per heavy atom. The Morgan fingerprint density at radius 1 is 0.971 bits per heavy atom. The molecule has 0 radical (unpaired) electrons. The van der Waals surface area contributed by atoms with Gasteiger partial charge in [-0.3, -0.25) is 10.1 Å². The number of amides is 1. The molecule has 4 aromatic rings. The van der Waals surface area contributed by atoms with Crippen LogP contribution < -0.4 is 5.32 Å². The van der Waals surface area contributed by atoms with E-state index in [2.05, 4.69) is 20.5 Å². The number of halogens is 1. The van der Waals surface area contributed by atoms with Crippen molar-refractivity contribution in [1.82, 2.24) is 15.2 Å². The van der Waals surface area contributed by atoms with E-state index >= 15 is 0 Å². The van der Waals surface area contributed by atoms with Gasteiger partial charge >= 0.3 is 12.1 Å². The minimum absolute atomic E-state index is 0.0196. The Hall–Kier alpha value is -4.30. The van der Waals surface area contributed by atoms with E-state index in [1.54, 1.807) is 37.3 Å². The summed E-state index contributed by atoms with van der Waals surface area (Å²) in [6, 6.07) is 22.0. The van der Waals surface area contributed by atoms with Gasteiger partial charge in [-0.15, -0.1) is 10.2 Å². The number of benzene rings is 3. The van der Waals surface area contributed by atoms with Crippen LogP contribution in [0.5, 0.6) is 0 Å². The number of nitrogens with one attached hydrogen (secondary N) is 1. The minimum atomic E-state index is -0.869. The molecule has 0 bridgehead atoms. The third kappa shape index (κ3) is 5.99. The summed E-state index contributed by atoms with van der Waals surface area (Å²) < 4.78 is 5.46. The molecular weight excluding hydrogens is 468 g/mol. The van der Waals surface area contributed by atoms with Crippen LogP contribution in [0.4, 0.5) is 10.6 Å². The molecule has 0 aliphatic rings. The van der Waals surface area contributed by atoms with Crippen LogP contribution in [0.2, 0.25) is 5.02 Å². The van der Waals surface area contributed by atoms with E-state index < -0.39 is 18.2 Å². The number of rotatable bonds is 7. The first-order valence-electron chi connectivity index (χ1n) is 10.7. The van der Waals surface area contributed by atoms with Crippen LogP contribution >= 0.6 is 11.6 Å². The van der Waals surface area contributed by atoms with E-state index in [1.165, 1.54) is 6.33 Å². The van der Waals surface area contributed by atoms with Gasteiger partial charge in [-0.25, -0.2) is 9.78 Å². The maximum atomic E-state index is 12.5. The Bertz CT molecular complexity index is 1340. The van der Waals surface area contributed by atoms with Gasteiger partial charge in [0.05, 0.1) is 6.42 Å². The summed E-state index contributed by atoms with van der Waals surface area (Å²) in [4.78, 5) is 27.5. The molecule has 9 heteroatoms. The molecule has 0 spiro atoms. The van der Waals surface area contributed by atoms with Gasteiger partial charge in [0.1, 0.15) is 18.1 Å². The number of hydrogen-bond acceptors (Lipinski definition) is 6. The van der Waals surface area contributed by atoms with Crippen LogP contribution in [0.25, 0.3) is 22.4 Å². The highest BCUT2D eigenvalue weighted by Crippen LogP contribution is 2.28. The smallest absolute Gasteiger partial charge is 0.413 e. The molecule has 1 unspecified atom stereocenters. The van der Waals surface area contributed by atoms with E-state index in [1.807, 2.05) is 42.5 Å². The Balaban J connectivity index is 1.48. The lowest BCUT2D eigenvalue weighted by molar-refractivity contribution is -0.136. The molecule has 4 rings (SSSR count). The molecular formula is C26H21ClN4O4. The predicted molar refractivity (Wildman–Crippen MR) is 132 cm³/mol. The highest BCUT2D eigenvalue weighted by molar-refractivity contribution is 6.31. The lowest BCUT2D eigenvalue weighted by Crippen LogP contribution is -2.18. The molecule has 35 heavy (non-hydrogen) atoms. The Kier molecular flexibility index (Phi) is 7.32. The Morgan fingerprint density at radius 3 is 2.26 bits per heavy atom. The number of carboxylic acids is 1. The maximum Gasteiger partial charge on any atom is 0.413 e. The molecule has 1 heterocycles. The van der Waals surface area contributed by atoms with Gasteiger partial charge in [0.15, 0.2) is 5.82 Å². The van der Waals surface area contributed by atoms with Crippen LogP contribution in [0, 0.1) is 0 Å². The SMILES string of the molecule is CC(OC(=O)Nc1ncnnc1-c1ccc(-c2ccc(CC(=O)O)cc2)cc1)c1ccccc1Cl. The van der Waals surface area contributed by atoms with Gasteiger partial charge in [0.2, 0.25) is 0 Å². The quantitative estimate of drug-likeness (QED) is 0.338. The topological polar surface area (TPSA) is 114 Å². The van der Waals surface area contributed by atoms with Crippen molar-refractivity contribution in [3.8, 4) is 22.4 Å². The highest BCUT2D eigenvalue weighted by Gasteiger charge is 2.17. The number of ether oxygens (including phenoxy) is 1. The van der Waals surface area contributed by atoms with Crippen LogP contribution in [0.3, 0.4) is 0 Å². The van der Waals surface area contributed by atoms with Gasteiger partial charge in [-0.1, -0.05) is 78.3 Å². The molecule has 0 aliphatic heterocycles. The molecule has 0 aliphatic carbocycles. The van der Waals surface area contributed by atoms with Gasteiger partial charge in [-0.05, 0) is 29.7 Å². The fraction of sp³-hybridized carbons (Fsp3) is 0.115. The number of carbonyl (C=O) groups is 2. The van der Waals surface area contributed by atoms with Gasteiger partial charge < -0.3 is 9.84 Å². The first kappa shape index (κ1) is 23.8. The molecule has 1 aromatic heterocycles. The second kappa shape index (κ2) is 10.8. The minimum Gasteiger partial charge on any atom is -0.481 e. The highest BCUT2D eigenvalue weighted by atomic mass is 35.5. The number of nitrogens with zero attached hydrogens (tertiary/aromatic N) is 3.